The molecule has 0 bridgehead atoms. The molecule has 28 heavy (non-hydrogen) atoms. The number of likely N-dealkylation sites (tertiary alicyclic amines) is 1. The number of sulfonamides is 1. The molecule has 4 rings (SSSR count). The van der Waals surface area contributed by atoms with Crippen molar-refractivity contribution in [2.24, 2.45) is 0 Å². The van der Waals surface area contributed by atoms with E-state index in [-0.39, 0.29) is 22.4 Å². The molecule has 2 heterocycles. The number of amides is 1. The van der Waals surface area contributed by atoms with Crippen molar-refractivity contribution in [1.29, 1.82) is 0 Å². The molecule has 3 aromatic rings. The number of nitrogens with zero attached hydrogens (tertiary/aromatic N) is 2. The van der Waals surface area contributed by atoms with Gasteiger partial charge in [-0.3, -0.25) is 9.52 Å². The van der Waals surface area contributed by atoms with Crippen LogP contribution in [0.2, 0.25) is 0 Å². The summed E-state index contributed by atoms with van der Waals surface area (Å²) in [6.07, 6.45) is 3.45. The van der Waals surface area contributed by atoms with E-state index in [0.29, 0.717) is 5.69 Å². The van der Waals surface area contributed by atoms with E-state index in [2.05, 4.69) is 9.71 Å². The topological polar surface area (TPSA) is 79.4 Å². The number of hydrogen-bond acceptors (Lipinski definition) is 5. The van der Waals surface area contributed by atoms with Gasteiger partial charge in [0.2, 0.25) is 5.91 Å². The quantitative estimate of drug-likeness (QED) is 0.690. The van der Waals surface area contributed by atoms with Crippen LogP contribution in [0.3, 0.4) is 0 Å². The summed E-state index contributed by atoms with van der Waals surface area (Å²) in [6, 6.07) is 12.6. The zero-order valence-electron chi connectivity index (χ0n) is 15.3. The molecule has 1 N–H and O–H groups in total. The minimum absolute atomic E-state index is 0.0499. The maximum absolute atomic E-state index is 12.7. The molecule has 0 atom stereocenters. The third kappa shape index (κ3) is 4.18. The number of anilines is 1. The van der Waals surface area contributed by atoms with E-state index in [0.717, 1.165) is 36.7 Å². The van der Waals surface area contributed by atoms with E-state index in [1.165, 1.54) is 17.8 Å². The molecule has 0 spiro atoms. The van der Waals surface area contributed by atoms with E-state index >= 15 is 0 Å². The second-order valence-corrected chi connectivity index (χ2v) is 9.42. The van der Waals surface area contributed by atoms with Gasteiger partial charge in [-0.25, -0.2) is 13.4 Å². The summed E-state index contributed by atoms with van der Waals surface area (Å²) in [5.74, 6) is 0.0499. The average molecular weight is 416 g/mol. The Labute approximate surface area is 168 Å². The van der Waals surface area contributed by atoms with Crippen molar-refractivity contribution in [3.8, 4) is 0 Å². The van der Waals surface area contributed by atoms with E-state index in [1.54, 1.807) is 23.6 Å². The lowest BCUT2D eigenvalue weighted by Gasteiger charge is -2.26. The lowest BCUT2D eigenvalue weighted by molar-refractivity contribution is -0.131. The van der Waals surface area contributed by atoms with Crippen molar-refractivity contribution in [2.75, 3.05) is 17.8 Å². The van der Waals surface area contributed by atoms with Crippen molar-refractivity contribution in [3.63, 3.8) is 0 Å². The Morgan fingerprint density at radius 1 is 1.07 bits per heavy atom. The van der Waals surface area contributed by atoms with Crippen LogP contribution in [-0.2, 0) is 21.2 Å². The normalized spacial score (nSPS) is 14.9. The van der Waals surface area contributed by atoms with Crippen molar-refractivity contribution in [1.82, 2.24) is 9.88 Å². The van der Waals surface area contributed by atoms with Crippen LogP contribution >= 0.6 is 11.3 Å². The van der Waals surface area contributed by atoms with Crippen LogP contribution < -0.4 is 4.72 Å². The van der Waals surface area contributed by atoms with Gasteiger partial charge >= 0.3 is 0 Å². The Bertz CT molecular complexity index is 1100. The first-order chi connectivity index (χ1) is 13.5. The number of rotatable bonds is 5. The fourth-order valence-electron chi connectivity index (χ4n) is 3.35. The number of hydrogen-bond donors (Lipinski definition) is 1. The predicted molar refractivity (Wildman–Crippen MR) is 111 cm³/mol. The van der Waals surface area contributed by atoms with Crippen LogP contribution in [0.5, 0.6) is 0 Å². The third-order valence-electron chi connectivity index (χ3n) is 4.85. The van der Waals surface area contributed by atoms with Crippen LogP contribution in [-0.4, -0.2) is 37.3 Å². The van der Waals surface area contributed by atoms with E-state index in [9.17, 15) is 13.2 Å². The van der Waals surface area contributed by atoms with Crippen LogP contribution in [0.15, 0.2) is 52.7 Å². The molecule has 0 aliphatic carbocycles. The van der Waals surface area contributed by atoms with Gasteiger partial charge in [-0.05, 0) is 42.2 Å². The van der Waals surface area contributed by atoms with Gasteiger partial charge in [-0.2, -0.15) is 0 Å². The smallest absolute Gasteiger partial charge is 0.263 e. The highest BCUT2D eigenvalue weighted by molar-refractivity contribution is 7.93. The van der Waals surface area contributed by atoms with Crippen LogP contribution in [0, 0.1) is 0 Å². The van der Waals surface area contributed by atoms with E-state index in [4.69, 9.17) is 0 Å². The van der Waals surface area contributed by atoms with Gasteiger partial charge in [0.15, 0.2) is 5.13 Å². The predicted octanol–water partition coefficient (Wildman–Crippen LogP) is 3.65. The van der Waals surface area contributed by atoms with Gasteiger partial charge in [0.25, 0.3) is 10.0 Å². The van der Waals surface area contributed by atoms with Crippen LogP contribution in [0.4, 0.5) is 5.13 Å². The SMILES string of the molecule is O=C(Cc1csc(NS(=O)(=O)c2ccc3ccccc3c2)n1)N1CCCCC1. The van der Waals surface area contributed by atoms with E-state index < -0.39 is 10.0 Å². The Kier molecular flexibility index (Phi) is 5.32. The summed E-state index contributed by atoms with van der Waals surface area (Å²) < 4.78 is 27.9. The fraction of sp³-hybridized carbons (Fsp3) is 0.300. The maximum atomic E-state index is 12.7. The summed E-state index contributed by atoms with van der Waals surface area (Å²) in [7, 11) is -3.74. The summed E-state index contributed by atoms with van der Waals surface area (Å²) in [4.78, 5) is 18.7. The minimum Gasteiger partial charge on any atom is -0.342 e. The number of piperidine rings is 1. The lowest BCUT2D eigenvalue weighted by atomic mass is 10.1. The van der Waals surface area contributed by atoms with Crippen LogP contribution in [0.1, 0.15) is 25.0 Å². The second kappa shape index (κ2) is 7.89. The van der Waals surface area contributed by atoms with Crippen molar-refractivity contribution < 1.29 is 13.2 Å². The molecule has 1 saturated heterocycles. The third-order valence-corrected chi connectivity index (χ3v) is 7.12. The van der Waals surface area contributed by atoms with Gasteiger partial charge in [-0.15, -0.1) is 11.3 Å². The molecule has 1 fully saturated rings. The Hall–Kier alpha value is -2.45. The maximum Gasteiger partial charge on any atom is 0.263 e. The number of aromatic nitrogens is 1. The average Bonchev–Trinajstić information content (AvgIpc) is 3.14. The monoisotopic (exact) mass is 415 g/mol. The number of thiazole rings is 1. The lowest BCUT2D eigenvalue weighted by Crippen LogP contribution is -2.36. The molecule has 2 aromatic carbocycles. The largest absolute Gasteiger partial charge is 0.342 e. The molecule has 0 saturated carbocycles. The number of benzene rings is 2. The highest BCUT2D eigenvalue weighted by Crippen LogP contribution is 2.24. The molecule has 0 unspecified atom stereocenters. The minimum atomic E-state index is -3.74. The van der Waals surface area contributed by atoms with Gasteiger partial charge in [-0.1, -0.05) is 30.3 Å². The first kappa shape index (κ1) is 18.9. The molecule has 0 radical (unpaired) electrons. The zero-order chi connectivity index (χ0) is 19.6. The van der Waals surface area contributed by atoms with E-state index in [1.807, 2.05) is 29.2 Å². The molecular formula is C20H21N3O3S2. The number of nitrogens with one attached hydrogen (secondary N) is 1. The Balaban J connectivity index is 1.46. The number of fused-ring (bicyclic) bond motifs is 1. The number of carbonyl (C=O) groups excluding carboxylic acids is 1. The first-order valence-corrected chi connectivity index (χ1v) is 11.6. The van der Waals surface area contributed by atoms with Gasteiger partial charge < -0.3 is 4.90 Å². The van der Waals surface area contributed by atoms with Crippen molar-refractivity contribution in [2.45, 2.75) is 30.6 Å². The second-order valence-electron chi connectivity index (χ2n) is 6.88. The molecule has 1 amide bonds. The molecule has 146 valence electrons. The first-order valence-electron chi connectivity index (χ1n) is 9.25. The van der Waals surface area contributed by atoms with Gasteiger partial charge in [0.05, 0.1) is 17.0 Å². The van der Waals surface area contributed by atoms with Crippen LogP contribution in [0.25, 0.3) is 10.8 Å². The summed E-state index contributed by atoms with van der Waals surface area (Å²) in [6.45, 7) is 1.59. The summed E-state index contributed by atoms with van der Waals surface area (Å²) in [5.41, 5.74) is 0.594. The molecular weight excluding hydrogens is 394 g/mol. The molecule has 1 aliphatic heterocycles. The van der Waals surface area contributed by atoms with Gasteiger partial charge in [0, 0.05) is 18.5 Å². The van der Waals surface area contributed by atoms with Crippen molar-refractivity contribution in [3.05, 3.63) is 53.5 Å². The van der Waals surface area contributed by atoms with Gasteiger partial charge in [0.1, 0.15) is 0 Å². The molecule has 6 nitrogen and oxygen atoms in total. The molecule has 8 heteroatoms. The highest BCUT2D eigenvalue weighted by atomic mass is 32.2. The Morgan fingerprint density at radius 2 is 1.82 bits per heavy atom. The number of carbonyl (C=O) groups is 1. The summed E-state index contributed by atoms with van der Waals surface area (Å²) in [5, 5.41) is 3.85. The Morgan fingerprint density at radius 3 is 2.61 bits per heavy atom. The molecule has 1 aromatic heterocycles. The standard InChI is InChI=1S/C20H21N3O3S2/c24-19(23-10-4-1-5-11-23)13-17-14-27-20(21-17)22-28(25,26)18-9-8-15-6-2-3-7-16(15)12-18/h2-3,6-9,12,14H,1,4-5,10-11,13H2,(H,21,22). The van der Waals surface area contributed by atoms with Crippen molar-refractivity contribution >= 4 is 43.2 Å². The summed E-state index contributed by atoms with van der Waals surface area (Å²) >= 11 is 1.19. The molecule has 1 aliphatic rings. The highest BCUT2D eigenvalue weighted by Gasteiger charge is 2.20. The fourth-order valence-corrected chi connectivity index (χ4v) is 5.35. The zero-order valence-corrected chi connectivity index (χ0v) is 16.9.